The minimum absolute atomic E-state index is 0.623. The molecule has 0 fully saturated rings. The van der Waals surface area contributed by atoms with Crippen LogP contribution >= 0.6 is 11.8 Å². The van der Waals surface area contributed by atoms with Crippen LogP contribution in [0.4, 0.5) is 5.82 Å². The van der Waals surface area contributed by atoms with Gasteiger partial charge >= 0.3 is 0 Å². The lowest BCUT2D eigenvalue weighted by Gasteiger charge is -2.06. The Bertz CT molecular complexity index is 548. The second-order valence-corrected chi connectivity index (χ2v) is 5.09. The van der Waals surface area contributed by atoms with Gasteiger partial charge in [-0.05, 0) is 32.5 Å². The van der Waals surface area contributed by atoms with E-state index in [0.717, 1.165) is 41.1 Å². The van der Waals surface area contributed by atoms with E-state index in [4.69, 9.17) is 4.42 Å². The molecule has 0 saturated carbocycles. The minimum atomic E-state index is 0.623. The molecule has 0 aliphatic rings. The summed E-state index contributed by atoms with van der Waals surface area (Å²) in [5, 5.41) is 4.68. The maximum atomic E-state index is 5.56. The largest absolute Gasteiger partial charge is 0.436 e. The van der Waals surface area contributed by atoms with Crippen LogP contribution in [0, 0.1) is 13.8 Å². The van der Waals surface area contributed by atoms with Crippen molar-refractivity contribution in [2.45, 2.75) is 44.4 Å². The molecule has 2 heterocycles. The molecule has 0 saturated heterocycles. The van der Waals surface area contributed by atoms with Crippen molar-refractivity contribution in [2.75, 3.05) is 11.9 Å². The van der Waals surface area contributed by atoms with Crippen LogP contribution in [-0.2, 0) is 6.42 Å². The van der Waals surface area contributed by atoms with Crippen LogP contribution in [0.15, 0.2) is 20.7 Å². The fraction of sp³-hybridized carbons (Fsp3) is 0.462. The van der Waals surface area contributed by atoms with Crippen molar-refractivity contribution in [2.24, 2.45) is 0 Å². The lowest BCUT2D eigenvalue weighted by molar-refractivity contribution is 0.431. The SMILES string of the molecule is CCNc1cc(Sc2nc(C)c(C)o2)nc(CC)n1. The van der Waals surface area contributed by atoms with Crippen molar-refractivity contribution < 1.29 is 4.42 Å². The summed E-state index contributed by atoms with van der Waals surface area (Å²) in [4.78, 5) is 13.3. The molecule has 1 N–H and O–H groups in total. The maximum Gasteiger partial charge on any atom is 0.262 e. The number of nitrogens with one attached hydrogen (secondary N) is 1. The van der Waals surface area contributed by atoms with Crippen LogP contribution < -0.4 is 5.32 Å². The topological polar surface area (TPSA) is 63.8 Å². The Morgan fingerprint density at radius 2 is 2.00 bits per heavy atom. The van der Waals surface area contributed by atoms with Gasteiger partial charge in [-0.2, -0.15) is 0 Å². The van der Waals surface area contributed by atoms with Crippen LogP contribution in [0.3, 0.4) is 0 Å². The van der Waals surface area contributed by atoms with Gasteiger partial charge in [0.05, 0.1) is 5.69 Å². The number of hydrogen-bond donors (Lipinski definition) is 1. The predicted octanol–water partition coefficient (Wildman–Crippen LogP) is 3.23. The first-order valence-electron chi connectivity index (χ1n) is 6.36. The summed E-state index contributed by atoms with van der Waals surface area (Å²) in [5.41, 5.74) is 0.916. The zero-order chi connectivity index (χ0) is 13.8. The number of aromatic nitrogens is 3. The summed E-state index contributed by atoms with van der Waals surface area (Å²) in [7, 11) is 0. The van der Waals surface area contributed by atoms with Gasteiger partial charge in [-0.25, -0.2) is 15.0 Å². The molecule has 2 rings (SSSR count). The van der Waals surface area contributed by atoms with Crippen molar-refractivity contribution in [3.8, 4) is 0 Å². The van der Waals surface area contributed by atoms with Gasteiger partial charge in [0.2, 0.25) is 0 Å². The molecule has 5 nitrogen and oxygen atoms in total. The van der Waals surface area contributed by atoms with Gasteiger partial charge in [0, 0.05) is 19.0 Å². The highest BCUT2D eigenvalue weighted by atomic mass is 32.2. The van der Waals surface area contributed by atoms with E-state index in [0.29, 0.717) is 5.22 Å². The first-order chi connectivity index (χ1) is 9.12. The molecule has 0 bridgehead atoms. The Labute approximate surface area is 117 Å². The van der Waals surface area contributed by atoms with Crippen LogP contribution in [0.25, 0.3) is 0 Å². The van der Waals surface area contributed by atoms with Crippen molar-refractivity contribution in [3.63, 3.8) is 0 Å². The first-order valence-corrected chi connectivity index (χ1v) is 7.17. The van der Waals surface area contributed by atoms with Gasteiger partial charge in [0.15, 0.2) is 0 Å². The number of rotatable bonds is 5. The summed E-state index contributed by atoms with van der Waals surface area (Å²) in [6.45, 7) is 8.76. The fourth-order valence-corrected chi connectivity index (χ4v) is 2.38. The van der Waals surface area contributed by atoms with Gasteiger partial charge in [0.25, 0.3) is 5.22 Å². The summed E-state index contributed by atoms with van der Waals surface area (Å²) >= 11 is 1.42. The van der Waals surface area contributed by atoms with E-state index in [1.54, 1.807) is 0 Å². The molecular formula is C13H18N4OS. The van der Waals surface area contributed by atoms with Crippen LogP contribution in [0.1, 0.15) is 31.1 Å². The van der Waals surface area contributed by atoms with E-state index in [9.17, 15) is 0 Å². The molecule has 0 aliphatic heterocycles. The van der Waals surface area contributed by atoms with Gasteiger partial charge in [0.1, 0.15) is 22.4 Å². The number of hydrogen-bond acceptors (Lipinski definition) is 6. The molecule has 0 spiro atoms. The highest BCUT2D eigenvalue weighted by molar-refractivity contribution is 7.99. The number of anilines is 1. The van der Waals surface area contributed by atoms with Gasteiger partial charge in [-0.3, -0.25) is 0 Å². The van der Waals surface area contributed by atoms with E-state index in [2.05, 4.69) is 20.3 Å². The molecule has 0 radical (unpaired) electrons. The minimum Gasteiger partial charge on any atom is -0.436 e. The molecule has 0 atom stereocenters. The van der Waals surface area contributed by atoms with Crippen molar-refractivity contribution in [1.29, 1.82) is 0 Å². The number of nitrogens with zero attached hydrogens (tertiary/aromatic N) is 3. The Balaban J connectivity index is 2.25. The molecule has 0 amide bonds. The van der Waals surface area contributed by atoms with E-state index in [1.165, 1.54) is 11.8 Å². The average Bonchev–Trinajstić information content (AvgIpc) is 2.68. The smallest absolute Gasteiger partial charge is 0.262 e. The van der Waals surface area contributed by atoms with Gasteiger partial charge in [-0.15, -0.1) is 0 Å². The fourth-order valence-electron chi connectivity index (χ4n) is 1.53. The number of oxazole rings is 1. The lowest BCUT2D eigenvalue weighted by atomic mass is 10.4. The second-order valence-electron chi connectivity index (χ2n) is 4.11. The van der Waals surface area contributed by atoms with E-state index >= 15 is 0 Å². The predicted molar refractivity (Wildman–Crippen MR) is 75.7 cm³/mol. The first kappa shape index (κ1) is 13.9. The molecule has 0 aliphatic carbocycles. The molecule has 6 heteroatoms. The third-order valence-corrected chi connectivity index (χ3v) is 3.39. The normalized spacial score (nSPS) is 10.7. The zero-order valence-corrected chi connectivity index (χ0v) is 12.5. The van der Waals surface area contributed by atoms with Gasteiger partial charge < -0.3 is 9.73 Å². The van der Waals surface area contributed by atoms with Crippen molar-refractivity contribution >= 4 is 17.6 Å². The summed E-state index contributed by atoms with van der Waals surface area (Å²) in [6, 6.07) is 1.92. The second kappa shape index (κ2) is 6.06. The standard InChI is InChI=1S/C13H18N4OS/c1-5-10-16-11(14-6-2)7-12(17-10)19-13-15-8(3)9(4)18-13/h7H,5-6H2,1-4H3,(H,14,16,17). The summed E-state index contributed by atoms with van der Waals surface area (Å²) in [6.07, 6.45) is 0.802. The van der Waals surface area contributed by atoms with Crippen LogP contribution in [-0.4, -0.2) is 21.5 Å². The Morgan fingerprint density at radius 1 is 1.21 bits per heavy atom. The molecule has 102 valence electrons. The highest BCUT2D eigenvalue weighted by Crippen LogP contribution is 2.28. The Kier molecular flexibility index (Phi) is 4.42. The van der Waals surface area contributed by atoms with Crippen LogP contribution in [0.5, 0.6) is 0 Å². The average molecular weight is 278 g/mol. The van der Waals surface area contributed by atoms with E-state index < -0.39 is 0 Å². The quantitative estimate of drug-likeness (QED) is 0.847. The monoisotopic (exact) mass is 278 g/mol. The zero-order valence-electron chi connectivity index (χ0n) is 11.6. The van der Waals surface area contributed by atoms with Gasteiger partial charge in [-0.1, -0.05) is 6.92 Å². The molecular weight excluding hydrogens is 260 g/mol. The summed E-state index contributed by atoms with van der Waals surface area (Å²) < 4.78 is 5.56. The Morgan fingerprint density at radius 3 is 2.58 bits per heavy atom. The third-order valence-electron chi connectivity index (χ3n) is 2.62. The molecule has 0 unspecified atom stereocenters. The summed E-state index contributed by atoms with van der Waals surface area (Å²) in [5.74, 6) is 2.51. The highest BCUT2D eigenvalue weighted by Gasteiger charge is 2.10. The number of aryl methyl sites for hydroxylation is 3. The molecule has 2 aromatic rings. The van der Waals surface area contributed by atoms with E-state index in [1.807, 2.05) is 33.8 Å². The molecule has 19 heavy (non-hydrogen) atoms. The van der Waals surface area contributed by atoms with Crippen LogP contribution in [0.2, 0.25) is 0 Å². The maximum absolute atomic E-state index is 5.56. The Hall–Kier alpha value is -1.56. The molecule has 2 aromatic heterocycles. The molecule has 0 aromatic carbocycles. The van der Waals surface area contributed by atoms with E-state index in [-0.39, 0.29) is 0 Å². The van der Waals surface area contributed by atoms with Crippen molar-refractivity contribution in [1.82, 2.24) is 15.0 Å². The lowest BCUT2D eigenvalue weighted by Crippen LogP contribution is -2.03. The third kappa shape index (κ3) is 3.47. The van der Waals surface area contributed by atoms with Crippen molar-refractivity contribution in [3.05, 3.63) is 23.3 Å².